The van der Waals surface area contributed by atoms with E-state index >= 15 is 0 Å². The molecular weight excluding hydrogens is 212 g/mol. The van der Waals surface area contributed by atoms with Crippen LogP contribution in [0.4, 0.5) is 0 Å². The highest BCUT2D eigenvalue weighted by Gasteiger charge is 2.10. The Morgan fingerprint density at radius 1 is 1.18 bits per heavy atom. The summed E-state index contributed by atoms with van der Waals surface area (Å²) in [5.74, 6) is 0.243. The molecule has 0 N–H and O–H groups in total. The number of Topliss-reactive ketones (excluding diaryl/α,β-unsaturated/α-hetero) is 1. The van der Waals surface area contributed by atoms with Crippen molar-refractivity contribution in [1.29, 1.82) is 0 Å². The van der Waals surface area contributed by atoms with Gasteiger partial charge in [-0.05, 0) is 31.0 Å². The summed E-state index contributed by atoms with van der Waals surface area (Å²) in [6.45, 7) is 4.03. The molecule has 3 nitrogen and oxygen atoms in total. The van der Waals surface area contributed by atoms with Crippen LogP contribution in [-0.4, -0.2) is 15.8 Å². The topological polar surface area (TPSA) is 42.9 Å². The largest absolute Gasteiger partial charge is 0.290 e. The van der Waals surface area contributed by atoms with Crippen LogP contribution in [0.15, 0.2) is 36.7 Å². The number of aryl methyl sites for hydroxylation is 2. The maximum absolute atomic E-state index is 12.0. The molecule has 0 unspecified atom stereocenters. The molecule has 0 saturated carbocycles. The van der Waals surface area contributed by atoms with Gasteiger partial charge in [0.05, 0.1) is 0 Å². The number of hydrogen-bond acceptors (Lipinski definition) is 3. The van der Waals surface area contributed by atoms with Gasteiger partial charge in [0.1, 0.15) is 0 Å². The van der Waals surface area contributed by atoms with E-state index in [0.717, 1.165) is 16.7 Å². The molecule has 0 aliphatic rings. The maximum atomic E-state index is 12.0. The average Bonchev–Trinajstić information content (AvgIpc) is 2.35. The van der Waals surface area contributed by atoms with Crippen LogP contribution in [0.25, 0.3) is 0 Å². The Labute approximate surface area is 101 Å². The zero-order valence-corrected chi connectivity index (χ0v) is 9.97. The van der Waals surface area contributed by atoms with Crippen molar-refractivity contribution in [2.45, 2.75) is 20.3 Å². The summed E-state index contributed by atoms with van der Waals surface area (Å²) < 4.78 is 0. The molecular formula is C14H14N2O. The Morgan fingerprint density at radius 2 is 1.88 bits per heavy atom. The molecule has 0 radical (unpaired) electrons. The quantitative estimate of drug-likeness (QED) is 0.755. The standard InChI is InChI=1S/C14H14N2O/c1-10-4-5-11(2)12(8-10)9-13(17)14-15-6-3-7-16-14/h3-8H,9H2,1-2H3. The molecule has 1 aromatic heterocycles. The number of rotatable bonds is 3. The van der Waals surface area contributed by atoms with Gasteiger partial charge in [0.15, 0.2) is 5.82 Å². The van der Waals surface area contributed by atoms with Crippen LogP contribution < -0.4 is 0 Å². The van der Waals surface area contributed by atoms with Gasteiger partial charge in [0.2, 0.25) is 5.78 Å². The van der Waals surface area contributed by atoms with Crippen molar-refractivity contribution in [1.82, 2.24) is 9.97 Å². The first-order valence-electron chi connectivity index (χ1n) is 5.53. The van der Waals surface area contributed by atoms with E-state index in [-0.39, 0.29) is 11.6 Å². The van der Waals surface area contributed by atoms with Crippen LogP contribution in [0.5, 0.6) is 0 Å². The van der Waals surface area contributed by atoms with Crippen molar-refractivity contribution in [3.05, 3.63) is 59.2 Å². The van der Waals surface area contributed by atoms with E-state index in [4.69, 9.17) is 0 Å². The molecule has 17 heavy (non-hydrogen) atoms. The number of hydrogen-bond donors (Lipinski definition) is 0. The normalized spacial score (nSPS) is 10.2. The van der Waals surface area contributed by atoms with Gasteiger partial charge in [-0.1, -0.05) is 23.8 Å². The first-order valence-corrected chi connectivity index (χ1v) is 5.53. The molecule has 1 aromatic carbocycles. The van der Waals surface area contributed by atoms with Crippen LogP contribution >= 0.6 is 0 Å². The summed E-state index contributed by atoms with van der Waals surface area (Å²) >= 11 is 0. The van der Waals surface area contributed by atoms with E-state index in [1.807, 2.05) is 32.0 Å². The van der Waals surface area contributed by atoms with Crippen molar-refractivity contribution in [2.24, 2.45) is 0 Å². The Morgan fingerprint density at radius 3 is 2.59 bits per heavy atom. The van der Waals surface area contributed by atoms with Gasteiger partial charge in [-0.3, -0.25) is 4.79 Å². The SMILES string of the molecule is Cc1ccc(C)c(CC(=O)c2ncccn2)c1. The molecule has 0 amide bonds. The summed E-state index contributed by atoms with van der Waals surface area (Å²) in [6, 6.07) is 7.82. The molecule has 0 spiro atoms. The van der Waals surface area contributed by atoms with Gasteiger partial charge >= 0.3 is 0 Å². The van der Waals surface area contributed by atoms with Gasteiger partial charge in [0.25, 0.3) is 0 Å². The molecule has 0 atom stereocenters. The Kier molecular flexibility index (Phi) is 3.28. The fourth-order valence-corrected chi connectivity index (χ4v) is 1.69. The third-order valence-electron chi connectivity index (χ3n) is 2.67. The lowest BCUT2D eigenvalue weighted by Crippen LogP contribution is -2.09. The van der Waals surface area contributed by atoms with E-state index in [1.165, 1.54) is 0 Å². The fraction of sp³-hybridized carbons (Fsp3) is 0.214. The predicted molar refractivity (Wildman–Crippen MR) is 66.0 cm³/mol. The lowest BCUT2D eigenvalue weighted by molar-refractivity contribution is 0.0983. The molecule has 0 fully saturated rings. The number of carbonyl (C=O) groups excluding carboxylic acids is 1. The summed E-state index contributed by atoms with van der Waals surface area (Å²) in [4.78, 5) is 19.9. The van der Waals surface area contributed by atoms with Crippen LogP contribution in [-0.2, 0) is 6.42 Å². The van der Waals surface area contributed by atoms with Crippen LogP contribution in [0.3, 0.4) is 0 Å². The van der Waals surface area contributed by atoms with Crippen LogP contribution in [0.1, 0.15) is 27.3 Å². The summed E-state index contributed by atoms with van der Waals surface area (Å²) in [5.41, 5.74) is 3.33. The second-order valence-corrected chi connectivity index (χ2v) is 4.10. The number of carbonyl (C=O) groups is 1. The number of nitrogens with zero attached hydrogens (tertiary/aromatic N) is 2. The first kappa shape index (κ1) is 11.5. The van der Waals surface area contributed by atoms with E-state index < -0.39 is 0 Å². The second kappa shape index (κ2) is 4.87. The number of benzene rings is 1. The third-order valence-corrected chi connectivity index (χ3v) is 2.67. The number of aromatic nitrogens is 2. The van der Waals surface area contributed by atoms with Crippen LogP contribution in [0, 0.1) is 13.8 Å². The van der Waals surface area contributed by atoms with Crippen molar-refractivity contribution < 1.29 is 4.79 Å². The smallest absolute Gasteiger partial charge is 0.204 e. The second-order valence-electron chi connectivity index (χ2n) is 4.10. The highest BCUT2D eigenvalue weighted by Crippen LogP contribution is 2.12. The molecule has 1 heterocycles. The fourth-order valence-electron chi connectivity index (χ4n) is 1.69. The molecule has 3 heteroatoms. The van der Waals surface area contributed by atoms with Gasteiger partial charge < -0.3 is 0 Å². The minimum absolute atomic E-state index is 0.0423. The molecule has 0 bridgehead atoms. The summed E-state index contributed by atoms with van der Waals surface area (Å²) in [7, 11) is 0. The lowest BCUT2D eigenvalue weighted by atomic mass is 10.0. The van der Waals surface area contributed by atoms with E-state index in [0.29, 0.717) is 6.42 Å². The third kappa shape index (κ3) is 2.75. The summed E-state index contributed by atoms with van der Waals surface area (Å²) in [5, 5.41) is 0. The van der Waals surface area contributed by atoms with Gasteiger partial charge in [-0.15, -0.1) is 0 Å². The number of ketones is 1. The monoisotopic (exact) mass is 226 g/mol. The highest BCUT2D eigenvalue weighted by molar-refractivity contribution is 5.94. The van der Waals surface area contributed by atoms with Crippen molar-refractivity contribution in [3.8, 4) is 0 Å². The maximum Gasteiger partial charge on any atom is 0.204 e. The van der Waals surface area contributed by atoms with E-state index in [2.05, 4.69) is 9.97 Å². The zero-order valence-electron chi connectivity index (χ0n) is 9.97. The highest BCUT2D eigenvalue weighted by atomic mass is 16.1. The molecule has 2 rings (SSSR count). The van der Waals surface area contributed by atoms with Crippen molar-refractivity contribution >= 4 is 5.78 Å². The Bertz CT molecular complexity index is 535. The van der Waals surface area contributed by atoms with Gasteiger partial charge in [-0.25, -0.2) is 9.97 Å². The molecule has 0 saturated heterocycles. The zero-order chi connectivity index (χ0) is 12.3. The lowest BCUT2D eigenvalue weighted by Gasteiger charge is -2.05. The summed E-state index contributed by atoms with van der Waals surface area (Å²) in [6.07, 6.45) is 3.53. The van der Waals surface area contributed by atoms with Crippen molar-refractivity contribution in [3.63, 3.8) is 0 Å². The van der Waals surface area contributed by atoms with Crippen molar-refractivity contribution in [2.75, 3.05) is 0 Å². The minimum atomic E-state index is -0.0423. The average molecular weight is 226 g/mol. The molecule has 0 aliphatic heterocycles. The van der Waals surface area contributed by atoms with Crippen LogP contribution in [0.2, 0.25) is 0 Å². The van der Waals surface area contributed by atoms with E-state index in [9.17, 15) is 4.79 Å². The molecule has 86 valence electrons. The molecule has 0 aliphatic carbocycles. The van der Waals surface area contributed by atoms with Gasteiger partial charge in [0, 0.05) is 18.8 Å². The van der Waals surface area contributed by atoms with Gasteiger partial charge in [-0.2, -0.15) is 0 Å². The minimum Gasteiger partial charge on any atom is -0.290 e. The Hall–Kier alpha value is -2.03. The predicted octanol–water partition coefficient (Wildman–Crippen LogP) is 2.52. The van der Waals surface area contributed by atoms with E-state index in [1.54, 1.807) is 18.5 Å². The Balaban J connectivity index is 2.22. The molecule has 2 aromatic rings. The first-order chi connectivity index (χ1) is 8.16.